The van der Waals surface area contributed by atoms with E-state index in [0.29, 0.717) is 13.2 Å². The number of hydrogen-bond acceptors (Lipinski definition) is 3. The highest BCUT2D eigenvalue weighted by molar-refractivity contribution is 7.90. The molecule has 1 rings (SSSR count). The Bertz CT molecular complexity index is 444. The summed E-state index contributed by atoms with van der Waals surface area (Å²) in [6, 6.07) is 7.32. The van der Waals surface area contributed by atoms with Crippen molar-refractivity contribution in [3.63, 3.8) is 0 Å². The number of ether oxygens (including phenoxy) is 1. The summed E-state index contributed by atoms with van der Waals surface area (Å²) in [4.78, 5) is 0. The summed E-state index contributed by atoms with van der Waals surface area (Å²) in [5.41, 5.74) is 0.893. The van der Waals surface area contributed by atoms with Crippen LogP contribution in [0.5, 0.6) is 5.75 Å². The van der Waals surface area contributed by atoms with E-state index in [1.54, 1.807) is 0 Å². The first-order valence-electron chi connectivity index (χ1n) is 5.21. The predicted molar refractivity (Wildman–Crippen MR) is 68.7 cm³/mol. The van der Waals surface area contributed by atoms with Crippen LogP contribution in [0.15, 0.2) is 24.3 Å². The third-order valence-electron chi connectivity index (χ3n) is 2.25. The normalized spacial score (nSPS) is 11.8. The van der Waals surface area contributed by atoms with Gasteiger partial charge in [-0.05, 0) is 24.6 Å². The molecule has 0 spiro atoms. The Morgan fingerprint density at radius 2 is 1.88 bits per heavy atom. The van der Waals surface area contributed by atoms with Gasteiger partial charge >= 0.3 is 0 Å². The van der Waals surface area contributed by atoms with Crippen LogP contribution in [0.3, 0.4) is 0 Å². The van der Waals surface area contributed by atoms with Gasteiger partial charge in [-0.15, -0.1) is 11.6 Å². The van der Waals surface area contributed by atoms with Crippen LogP contribution in [0.1, 0.15) is 12.5 Å². The van der Waals surface area contributed by atoms with E-state index in [0.717, 1.165) is 11.3 Å². The number of alkyl halides is 1. The molecule has 0 aliphatic heterocycles. The smallest absolute Gasteiger partial charge is 0.228 e. The Morgan fingerprint density at radius 3 is 2.35 bits per heavy atom. The molecule has 1 aromatic rings. The van der Waals surface area contributed by atoms with Crippen molar-refractivity contribution in [3.8, 4) is 5.75 Å². The lowest BCUT2D eigenvalue weighted by atomic mass is 10.2. The second kappa shape index (κ2) is 6.23. The summed E-state index contributed by atoms with van der Waals surface area (Å²) in [7, 11) is -1.84. The largest absolute Gasteiger partial charge is 0.494 e. The maximum Gasteiger partial charge on any atom is 0.228 e. The maximum atomic E-state index is 11.4. The molecule has 0 atom stereocenters. The molecule has 0 aliphatic rings. The topological polar surface area (TPSA) is 46.6 Å². The van der Waals surface area contributed by atoms with E-state index in [1.807, 2.05) is 31.2 Å². The highest BCUT2D eigenvalue weighted by Gasteiger charge is 2.16. The van der Waals surface area contributed by atoms with Gasteiger partial charge in [-0.25, -0.2) is 8.42 Å². The minimum atomic E-state index is -3.35. The Morgan fingerprint density at radius 1 is 1.29 bits per heavy atom. The summed E-state index contributed by atoms with van der Waals surface area (Å²) < 4.78 is 29.4. The lowest BCUT2D eigenvalue weighted by Gasteiger charge is -2.15. The highest BCUT2D eigenvalue weighted by Crippen LogP contribution is 2.14. The van der Waals surface area contributed by atoms with Gasteiger partial charge in [-0.2, -0.15) is 4.31 Å². The minimum absolute atomic E-state index is 0.307. The van der Waals surface area contributed by atoms with E-state index in [-0.39, 0.29) is 0 Å². The molecule has 0 aromatic heterocycles. The zero-order valence-corrected chi connectivity index (χ0v) is 11.5. The molecule has 17 heavy (non-hydrogen) atoms. The quantitative estimate of drug-likeness (QED) is 0.748. The summed E-state index contributed by atoms with van der Waals surface area (Å²) in [5.74, 6) is 0.777. The molecule has 0 amide bonds. The van der Waals surface area contributed by atoms with Crippen molar-refractivity contribution in [1.82, 2.24) is 4.31 Å². The Hall–Kier alpha value is -0.780. The van der Waals surface area contributed by atoms with E-state index in [1.165, 1.54) is 11.4 Å². The van der Waals surface area contributed by atoms with Crippen LogP contribution in [0.2, 0.25) is 0 Å². The maximum absolute atomic E-state index is 11.4. The van der Waals surface area contributed by atoms with Crippen LogP contribution < -0.4 is 4.74 Å². The second-order valence-electron chi connectivity index (χ2n) is 3.55. The van der Waals surface area contributed by atoms with Crippen LogP contribution in [0.4, 0.5) is 0 Å². The van der Waals surface area contributed by atoms with Crippen molar-refractivity contribution < 1.29 is 13.2 Å². The number of sulfonamides is 1. The molecule has 0 aliphatic carbocycles. The monoisotopic (exact) mass is 277 g/mol. The van der Waals surface area contributed by atoms with Gasteiger partial charge in [-0.1, -0.05) is 12.1 Å². The van der Waals surface area contributed by atoms with Crippen LogP contribution >= 0.6 is 11.6 Å². The van der Waals surface area contributed by atoms with E-state index in [9.17, 15) is 8.42 Å². The molecule has 6 heteroatoms. The summed E-state index contributed by atoms with van der Waals surface area (Å²) in [5, 5.41) is -0.402. The summed E-state index contributed by atoms with van der Waals surface area (Å²) in [6.45, 7) is 2.83. The van der Waals surface area contributed by atoms with Crippen LogP contribution in [0.25, 0.3) is 0 Å². The van der Waals surface area contributed by atoms with Crippen molar-refractivity contribution >= 4 is 21.6 Å². The summed E-state index contributed by atoms with van der Waals surface area (Å²) in [6.07, 6.45) is 0. The Labute approximate surface area is 107 Å². The Kier molecular flexibility index (Phi) is 5.24. The average molecular weight is 278 g/mol. The lowest BCUT2D eigenvalue weighted by molar-refractivity contribution is 0.340. The van der Waals surface area contributed by atoms with Crippen molar-refractivity contribution in [3.05, 3.63) is 29.8 Å². The van der Waals surface area contributed by atoms with Crippen molar-refractivity contribution in [1.29, 1.82) is 0 Å². The molecule has 0 bridgehead atoms. The zero-order valence-electron chi connectivity index (χ0n) is 9.89. The van der Waals surface area contributed by atoms with Crippen LogP contribution in [-0.2, 0) is 16.6 Å². The van der Waals surface area contributed by atoms with Gasteiger partial charge in [0.05, 0.1) is 6.61 Å². The molecule has 0 unspecified atom stereocenters. The van der Waals surface area contributed by atoms with Crippen molar-refractivity contribution in [2.24, 2.45) is 0 Å². The first-order chi connectivity index (χ1) is 7.99. The number of nitrogens with zero attached hydrogens (tertiary/aromatic N) is 1. The van der Waals surface area contributed by atoms with Gasteiger partial charge in [0.1, 0.15) is 11.0 Å². The minimum Gasteiger partial charge on any atom is -0.494 e. The van der Waals surface area contributed by atoms with Gasteiger partial charge in [0.25, 0.3) is 0 Å². The Balaban J connectivity index is 2.69. The number of rotatable bonds is 6. The summed E-state index contributed by atoms with van der Waals surface area (Å²) >= 11 is 5.37. The second-order valence-corrected chi connectivity index (χ2v) is 6.21. The molecule has 0 radical (unpaired) electrons. The fourth-order valence-corrected chi connectivity index (χ4v) is 2.31. The fourth-order valence-electron chi connectivity index (χ4n) is 1.30. The van der Waals surface area contributed by atoms with E-state index < -0.39 is 15.2 Å². The lowest BCUT2D eigenvalue weighted by Crippen LogP contribution is -2.27. The molecule has 0 heterocycles. The third kappa shape index (κ3) is 4.18. The molecule has 96 valence electrons. The van der Waals surface area contributed by atoms with E-state index in [2.05, 4.69) is 0 Å². The molecular weight excluding hydrogens is 262 g/mol. The van der Waals surface area contributed by atoms with Crippen LogP contribution in [0, 0.1) is 0 Å². The average Bonchev–Trinajstić information content (AvgIpc) is 2.32. The molecular formula is C11H16ClNO3S. The molecule has 1 aromatic carbocycles. The SMILES string of the molecule is CCOc1ccc(CN(C)S(=O)(=O)CCl)cc1. The molecule has 4 nitrogen and oxygen atoms in total. The molecule has 0 saturated carbocycles. The van der Waals surface area contributed by atoms with Gasteiger partial charge in [-0.3, -0.25) is 0 Å². The molecule has 0 saturated heterocycles. The zero-order chi connectivity index (χ0) is 12.9. The first kappa shape index (κ1) is 14.3. The van der Waals surface area contributed by atoms with Gasteiger partial charge in [0.15, 0.2) is 0 Å². The number of hydrogen-bond donors (Lipinski definition) is 0. The molecule has 0 N–H and O–H groups in total. The highest BCUT2D eigenvalue weighted by atomic mass is 35.5. The van der Waals surface area contributed by atoms with Gasteiger partial charge < -0.3 is 4.74 Å². The van der Waals surface area contributed by atoms with Crippen molar-refractivity contribution in [2.45, 2.75) is 13.5 Å². The number of halogens is 1. The van der Waals surface area contributed by atoms with E-state index in [4.69, 9.17) is 16.3 Å². The van der Waals surface area contributed by atoms with E-state index >= 15 is 0 Å². The van der Waals surface area contributed by atoms with Crippen LogP contribution in [-0.4, -0.2) is 31.6 Å². The number of benzene rings is 1. The predicted octanol–water partition coefficient (Wildman–Crippen LogP) is 2.04. The van der Waals surface area contributed by atoms with Gasteiger partial charge in [0, 0.05) is 13.6 Å². The fraction of sp³-hybridized carbons (Fsp3) is 0.455. The van der Waals surface area contributed by atoms with Gasteiger partial charge in [0.2, 0.25) is 10.0 Å². The molecule has 0 fully saturated rings. The first-order valence-corrected chi connectivity index (χ1v) is 7.35. The standard InChI is InChI=1S/C11H16ClNO3S/c1-3-16-11-6-4-10(5-7-11)8-13(2)17(14,15)9-12/h4-7H,3,8-9H2,1-2H3. The third-order valence-corrected chi connectivity index (χ3v) is 4.43. The van der Waals surface area contributed by atoms with Crippen molar-refractivity contribution in [2.75, 3.05) is 18.9 Å².